The highest BCUT2D eigenvalue weighted by Gasteiger charge is 2.70. The van der Waals surface area contributed by atoms with Crippen molar-refractivity contribution in [3.8, 4) is 0 Å². The molecule has 3 aliphatic heterocycles. The standard InChI is InChI=1S/C25H26ClN3O3/c1-13(2)20-18-19(23(31)29(22(18)30)10-9-15-7-5-4-6-8-15)25(28-20)16-11-14(3)12-17(26)21(16)27-24(25)32/h4-8,11-13,18-20,28H,9-10H2,1-3H3,(H,27,32)/t18-,19-,20-,25+/m0/s1. The van der Waals surface area contributed by atoms with Crippen LogP contribution in [-0.4, -0.2) is 35.2 Å². The lowest BCUT2D eigenvalue weighted by atomic mass is 9.75. The van der Waals surface area contributed by atoms with E-state index in [1.165, 1.54) is 4.90 Å². The summed E-state index contributed by atoms with van der Waals surface area (Å²) < 4.78 is 0. The lowest BCUT2D eigenvalue weighted by Gasteiger charge is -2.30. The van der Waals surface area contributed by atoms with Crippen LogP contribution in [0.2, 0.25) is 5.02 Å². The molecule has 0 aromatic heterocycles. The highest BCUT2D eigenvalue weighted by molar-refractivity contribution is 6.35. The second-order valence-corrected chi connectivity index (χ2v) is 9.82. The van der Waals surface area contributed by atoms with Gasteiger partial charge in [0.05, 0.1) is 22.5 Å². The quantitative estimate of drug-likeness (QED) is 0.699. The van der Waals surface area contributed by atoms with Crippen molar-refractivity contribution >= 4 is 35.0 Å². The summed E-state index contributed by atoms with van der Waals surface area (Å²) in [4.78, 5) is 42.1. The SMILES string of the molecule is Cc1cc(Cl)c2c(c1)[C@]1(N[C@@H](C(C)C)[C@H]3C(=O)N(CCc4ccccc4)C(=O)[C@H]31)C(=O)N2. The minimum absolute atomic E-state index is 0.0600. The number of nitrogens with zero attached hydrogens (tertiary/aromatic N) is 1. The van der Waals surface area contributed by atoms with Crippen LogP contribution in [0.4, 0.5) is 5.69 Å². The first-order valence-electron chi connectivity index (χ1n) is 11.0. The number of anilines is 1. The molecule has 0 bridgehead atoms. The van der Waals surface area contributed by atoms with Crippen molar-refractivity contribution in [2.75, 3.05) is 11.9 Å². The Kier molecular flexibility index (Phi) is 4.91. The number of likely N-dealkylation sites (tertiary alicyclic amines) is 1. The molecule has 3 aliphatic rings. The van der Waals surface area contributed by atoms with Gasteiger partial charge in [0.2, 0.25) is 17.7 Å². The predicted molar refractivity (Wildman–Crippen MR) is 122 cm³/mol. The van der Waals surface area contributed by atoms with Crippen molar-refractivity contribution in [1.29, 1.82) is 0 Å². The molecule has 2 fully saturated rings. The fraction of sp³-hybridized carbons (Fsp3) is 0.400. The number of nitrogens with one attached hydrogen (secondary N) is 2. The molecule has 4 atom stereocenters. The maximum absolute atomic E-state index is 13.7. The molecule has 32 heavy (non-hydrogen) atoms. The van der Waals surface area contributed by atoms with E-state index >= 15 is 0 Å². The maximum atomic E-state index is 13.7. The third-order valence-electron chi connectivity index (χ3n) is 7.13. The Hall–Kier alpha value is -2.70. The Balaban J connectivity index is 1.58. The van der Waals surface area contributed by atoms with Crippen LogP contribution >= 0.6 is 11.6 Å². The summed E-state index contributed by atoms with van der Waals surface area (Å²) in [6.07, 6.45) is 0.582. The van der Waals surface area contributed by atoms with E-state index < -0.39 is 17.4 Å². The number of imide groups is 1. The van der Waals surface area contributed by atoms with E-state index in [0.29, 0.717) is 29.2 Å². The van der Waals surface area contributed by atoms with Gasteiger partial charge in [-0.3, -0.25) is 24.6 Å². The Morgan fingerprint density at radius 1 is 1.09 bits per heavy atom. The second kappa shape index (κ2) is 7.42. The normalized spacial score (nSPS) is 28.6. The first kappa shape index (κ1) is 21.2. The van der Waals surface area contributed by atoms with Gasteiger partial charge in [0, 0.05) is 18.2 Å². The van der Waals surface area contributed by atoms with Gasteiger partial charge in [-0.1, -0.05) is 61.8 Å². The monoisotopic (exact) mass is 451 g/mol. The van der Waals surface area contributed by atoms with Gasteiger partial charge in [-0.15, -0.1) is 0 Å². The van der Waals surface area contributed by atoms with Gasteiger partial charge >= 0.3 is 0 Å². The number of benzene rings is 2. The van der Waals surface area contributed by atoms with Crippen LogP contribution < -0.4 is 10.6 Å². The number of carbonyl (C=O) groups excluding carboxylic acids is 3. The predicted octanol–water partition coefficient (Wildman–Crippen LogP) is 3.27. The second-order valence-electron chi connectivity index (χ2n) is 9.41. The first-order valence-corrected chi connectivity index (χ1v) is 11.4. The van der Waals surface area contributed by atoms with Crippen molar-refractivity contribution in [3.63, 3.8) is 0 Å². The Bertz CT molecular complexity index is 1130. The molecule has 2 saturated heterocycles. The van der Waals surface area contributed by atoms with E-state index in [1.807, 2.05) is 57.2 Å². The molecule has 166 valence electrons. The highest BCUT2D eigenvalue weighted by Crippen LogP contribution is 2.55. The van der Waals surface area contributed by atoms with Crippen LogP contribution in [0, 0.1) is 24.7 Å². The summed E-state index contributed by atoms with van der Waals surface area (Å²) in [7, 11) is 0. The van der Waals surface area contributed by atoms with Gasteiger partial charge < -0.3 is 5.32 Å². The van der Waals surface area contributed by atoms with Gasteiger partial charge in [0.1, 0.15) is 5.54 Å². The third-order valence-corrected chi connectivity index (χ3v) is 7.43. The summed E-state index contributed by atoms with van der Waals surface area (Å²) in [5.41, 5.74) is 1.86. The molecule has 7 heteroatoms. The van der Waals surface area contributed by atoms with Crippen molar-refractivity contribution in [1.82, 2.24) is 10.2 Å². The Morgan fingerprint density at radius 2 is 1.81 bits per heavy atom. The summed E-state index contributed by atoms with van der Waals surface area (Å²) >= 11 is 6.45. The molecule has 0 unspecified atom stereocenters. The number of amides is 3. The number of fused-ring (bicyclic) bond motifs is 4. The topological polar surface area (TPSA) is 78.5 Å². The van der Waals surface area contributed by atoms with E-state index in [0.717, 1.165) is 11.1 Å². The fourth-order valence-corrected chi connectivity index (χ4v) is 5.99. The zero-order valence-electron chi connectivity index (χ0n) is 18.3. The van der Waals surface area contributed by atoms with Crippen LogP contribution in [0.25, 0.3) is 0 Å². The van der Waals surface area contributed by atoms with Crippen LogP contribution in [0.1, 0.15) is 30.5 Å². The lowest BCUT2D eigenvalue weighted by molar-refractivity contribution is -0.142. The number of halogens is 1. The number of hydrogen-bond donors (Lipinski definition) is 2. The Morgan fingerprint density at radius 3 is 2.50 bits per heavy atom. The average Bonchev–Trinajstić information content (AvgIpc) is 3.34. The van der Waals surface area contributed by atoms with E-state index in [9.17, 15) is 14.4 Å². The van der Waals surface area contributed by atoms with Crippen LogP contribution in [0.5, 0.6) is 0 Å². The first-order chi connectivity index (χ1) is 15.3. The van der Waals surface area contributed by atoms with E-state index in [-0.39, 0.29) is 29.7 Å². The van der Waals surface area contributed by atoms with Crippen molar-refractivity contribution in [2.45, 2.75) is 38.8 Å². The zero-order chi connectivity index (χ0) is 22.8. The number of rotatable bonds is 4. The van der Waals surface area contributed by atoms with Crippen LogP contribution in [-0.2, 0) is 26.3 Å². The van der Waals surface area contributed by atoms with Gasteiger partial charge in [0.25, 0.3) is 0 Å². The molecule has 1 spiro atoms. The van der Waals surface area contributed by atoms with Crippen LogP contribution in [0.3, 0.4) is 0 Å². The molecule has 2 aromatic rings. The summed E-state index contributed by atoms with van der Waals surface area (Å²) in [5, 5.41) is 6.77. The number of aryl methyl sites for hydroxylation is 1. The van der Waals surface area contributed by atoms with Gasteiger partial charge in [-0.05, 0) is 36.5 Å². The molecule has 5 rings (SSSR count). The molecule has 2 aromatic carbocycles. The summed E-state index contributed by atoms with van der Waals surface area (Å²) in [6.45, 7) is 6.23. The summed E-state index contributed by atoms with van der Waals surface area (Å²) in [6, 6.07) is 13.2. The molecule has 3 heterocycles. The molecular weight excluding hydrogens is 426 g/mol. The van der Waals surface area contributed by atoms with Gasteiger partial charge in [0.15, 0.2) is 0 Å². The molecule has 2 N–H and O–H groups in total. The molecule has 6 nitrogen and oxygen atoms in total. The average molecular weight is 452 g/mol. The van der Waals surface area contributed by atoms with Gasteiger partial charge in [-0.25, -0.2) is 0 Å². The van der Waals surface area contributed by atoms with Crippen molar-refractivity contribution in [2.24, 2.45) is 17.8 Å². The van der Waals surface area contributed by atoms with E-state index in [1.54, 1.807) is 6.07 Å². The maximum Gasteiger partial charge on any atom is 0.250 e. The third kappa shape index (κ3) is 2.86. The van der Waals surface area contributed by atoms with E-state index in [2.05, 4.69) is 10.6 Å². The number of carbonyl (C=O) groups is 3. The van der Waals surface area contributed by atoms with Gasteiger partial charge in [-0.2, -0.15) is 0 Å². The fourth-order valence-electron chi connectivity index (χ4n) is 5.66. The van der Waals surface area contributed by atoms with Crippen molar-refractivity contribution < 1.29 is 14.4 Å². The Labute approximate surface area is 192 Å². The summed E-state index contributed by atoms with van der Waals surface area (Å²) in [5.74, 6) is -2.12. The molecule has 3 amide bonds. The molecule has 0 radical (unpaired) electrons. The zero-order valence-corrected chi connectivity index (χ0v) is 19.1. The van der Waals surface area contributed by atoms with E-state index in [4.69, 9.17) is 11.6 Å². The number of hydrogen-bond acceptors (Lipinski definition) is 4. The molecular formula is C25H26ClN3O3. The largest absolute Gasteiger partial charge is 0.323 e. The minimum Gasteiger partial charge on any atom is -0.323 e. The highest BCUT2D eigenvalue weighted by atomic mass is 35.5. The molecule has 0 saturated carbocycles. The molecule has 0 aliphatic carbocycles. The van der Waals surface area contributed by atoms with Crippen LogP contribution in [0.15, 0.2) is 42.5 Å². The lowest BCUT2D eigenvalue weighted by Crippen LogP contribution is -2.54. The minimum atomic E-state index is -1.29. The van der Waals surface area contributed by atoms with Crippen molar-refractivity contribution in [3.05, 3.63) is 64.2 Å². The smallest absolute Gasteiger partial charge is 0.250 e.